The van der Waals surface area contributed by atoms with Crippen LogP contribution in [0.4, 0.5) is 0 Å². The number of carbonyl (C=O) groups is 1. The van der Waals surface area contributed by atoms with Crippen LogP contribution in [0.3, 0.4) is 0 Å². The molecule has 0 saturated carbocycles. The van der Waals surface area contributed by atoms with E-state index in [0.29, 0.717) is 5.16 Å². The van der Waals surface area contributed by atoms with Gasteiger partial charge in [0.05, 0.1) is 11.4 Å². The number of nitrogens with zero attached hydrogens (tertiary/aromatic N) is 4. The number of hydrogen-bond donors (Lipinski definition) is 1. The number of aromatic nitrogens is 4. The number of benzene rings is 1. The van der Waals surface area contributed by atoms with Gasteiger partial charge in [-0.1, -0.05) is 33.8 Å². The molecule has 0 fully saturated rings. The smallest absolute Gasteiger partial charge is 0.313 e. The molecule has 0 bridgehead atoms. The summed E-state index contributed by atoms with van der Waals surface area (Å²) in [5.74, 6) is -0.978. The molecular weight excluding hydrogens is 320 g/mol. The van der Waals surface area contributed by atoms with Gasteiger partial charge in [0.2, 0.25) is 5.16 Å². The van der Waals surface area contributed by atoms with Crippen LogP contribution in [0.5, 0.6) is 0 Å². The Kier molecular flexibility index (Phi) is 3.97. The monoisotopic (exact) mass is 328 g/mol. The Morgan fingerprint density at radius 2 is 2.33 bits per heavy atom. The zero-order chi connectivity index (χ0) is 13.1. The van der Waals surface area contributed by atoms with Crippen LogP contribution in [0, 0.1) is 6.92 Å². The fraction of sp³-hybridized carbons (Fsp3) is 0.200. The van der Waals surface area contributed by atoms with Crippen LogP contribution in [0.25, 0.3) is 5.69 Å². The lowest BCUT2D eigenvalue weighted by Gasteiger charge is -2.08. The van der Waals surface area contributed by atoms with Crippen molar-refractivity contribution in [2.75, 3.05) is 5.75 Å². The van der Waals surface area contributed by atoms with Crippen LogP contribution < -0.4 is 0 Å². The molecule has 1 heterocycles. The topological polar surface area (TPSA) is 80.9 Å². The van der Waals surface area contributed by atoms with Gasteiger partial charge in [0.15, 0.2) is 0 Å². The van der Waals surface area contributed by atoms with Crippen LogP contribution >= 0.6 is 27.7 Å². The number of thioether (sulfide) groups is 1. The Labute approximate surface area is 116 Å². The third-order valence-electron chi connectivity index (χ3n) is 2.23. The van der Waals surface area contributed by atoms with E-state index in [1.807, 2.05) is 25.1 Å². The first-order chi connectivity index (χ1) is 8.59. The minimum Gasteiger partial charge on any atom is -0.481 e. The second-order valence-electron chi connectivity index (χ2n) is 3.44. The standard InChI is InChI=1S/C10H9BrN4O2S/c1-6-7(11)3-2-4-8(6)15-10(12-13-14-15)18-5-9(16)17/h2-4H,5H2,1H3,(H,16,17). The molecule has 0 aliphatic rings. The van der Waals surface area contributed by atoms with Gasteiger partial charge in [0.25, 0.3) is 0 Å². The Hall–Kier alpha value is -1.41. The molecule has 0 atom stereocenters. The highest BCUT2D eigenvalue weighted by atomic mass is 79.9. The van der Waals surface area contributed by atoms with Gasteiger partial charge in [0.1, 0.15) is 0 Å². The van der Waals surface area contributed by atoms with Gasteiger partial charge in [0, 0.05) is 4.47 Å². The van der Waals surface area contributed by atoms with E-state index < -0.39 is 5.97 Å². The minimum absolute atomic E-state index is 0.0760. The van der Waals surface area contributed by atoms with Crippen molar-refractivity contribution in [1.82, 2.24) is 20.2 Å². The summed E-state index contributed by atoms with van der Waals surface area (Å²) in [4.78, 5) is 10.6. The van der Waals surface area contributed by atoms with Gasteiger partial charge in [-0.2, -0.15) is 4.68 Å². The highest BCUT2D eigenvalue weighted by Crippen LogP contribution is 2.25. The summed E-state index contributed by atoms with van der Waals surface area (Å²) in [6.45, 7) is 1.94. The quantitative estimate of drug-likeness (QED) is 0.863. The van der Waals surface area contributed by atoms with E-state index in [2.05, 4.69) is 31.5 Å². The Balaban J connectivity index is 2.36. The first kappa shape index (κ1) is 13.0. The van der Waals surface area contributed by atoms with Crippen LogP contribution in [-0.2, 0) is 4.79 Å². The number of carboxylic acids is 1. The second-order valence-corrected chi connectivity index (χ2v) is 5.24. The average Bonchev–Trinajstić information content (AvgIpc) is 2.78. The number of halogens is 1. The van der Waals surface area contributed by atoms with Crippen molar-refractivity contribution in [2.24, 2.45) is 0 Å². The first-order valence-corrected chi connectivity index (χ1v) is 6.76. The lowest BCUT2D eigenvalue weighted by atomic mass is 10.2. The highest BCUT2D eigenvalue weighted by Gasteiger charge is 2.13. The first-order valence-electron chi connectivity index (χ1n) is 4.98. The van der Waals surface area contributed by atoms with Crippen molar-refractivity contribution in [3.8, 4) is 5.69 Å². The predicted molar refractivity (Wildman–Crippen MR) is 70.0 cm³/mol. The van der Waals surface area contributed by atoms with Crippen molar-refractivity contribution >= 4 is 33.7 Å². The van der Waals surface area contributed by atoms with Gasteiger partial charge in [-0.05, 0) is 35.0 Å². The van der Waals surface area contributed by atoms with E-state index in [0.717, 1.165) is 27.5 Å². The summed E-state index contributed by atoms with van der Waals surface area (Å²) in [7, 11) is 0. The molecule has 2 rings (SSSR count). The second kappa shape index (κ2) is 5.49. The Bertz CT molecular complexity index is 587. The third kappa shape index (κ3) is 2.70. The van der Waals surface area contributed by atoms with Crippen LogP contribution in [0.2, 0.25) is 0 Å². The van der Waals surface area contributed by atoms with E-state index >= 15 is 0 Å². The van der Waals surface area contributed by atoms with Gasteiger partial charge < -0.3 is 5.11 Å². The number of tetrazole rings is 1. The average molecular weight is 329 g/mol. The minimum atomic E-state index is -0.902. The SMILES string of the molecule is Cc1c(Br)cccc1-n1nnnc1SCC(=O)O. The number of aliphatic carboxylic acids is 1. The maximum Gasteiger partial charge on any atom is 0.313 e. The molecule has 8 heteroatoms. The number of hydrogen-bond acceptors (Lipinski definition) is 5. The van der Waals surface area contributed by atoms with Crippen molar-refractivity contribution in [1.29, 1.82) is 0 Å². The van der Waals surface area contributed by atoms with E-state index in [1.165, 1.54) is 4.68 Å². The van der Waals surface area contributed by atoms with Gasteiger partial charge in [-0.15, -0.1) is 5.10 Å². The lowest BCUT2D eigenvalue weighted by molar-refractivity contribution is -0.133. The molecule has 0 amide bonds. The molecule has 0 spiro atoms. The molecule has 0 aliphatic carbocycles. The molecule has 94 valence electrons. The van der Waals surface area contributed by atoms with E-state index in [1.54, 1.807) is 0 Å². The fourth-order valence-electron chi connectivity index (χ4n) is 1.37. The van der Waals surface area contributed by atoms with Crippen molar-refractivity contribution in [3.63, 3.8) is 0 Å². The maximum absolute atomic E-state index is 10.6. The molecule has 6 nitrogen and oxygen atoms in total. The molecule has 0 radical (unpaired) electrons. The van der Waals surface area contributed by atoms with Crippen LogP contribution in [0.15, 0.2) is 27.8 Å². The fourth-order valence-corrected chi connectivity index (χ4v) is 2.33. The largest absolute Gasteiger partial charge is 0.481 e. The summed E-state index contributed by atoms with van der Waals surface area (Å²) in [5, 5.41) is 20.4. The molecule has 2 aromatic rings. The van der Waals surface area contributed by atoms with E-state index in [9.17, 15) is 4.79 Å². The number of rotatable bonds is 4. The maximum atomic E-state index is 10.6. The summed E-state index contributed by atoms with van der Waals surface area (Å²) in [6, 6.07) is 5.67. The number of carboxylic acid groups (broad SMARTS) is 1. The molecule has 1 aromatic heterocycles. The van der Waals surface area contributed by atoms with Crippen molar-refractivity contribution < 1.29 is 9.90 Å². The van der Waals surface area contributed by atoms with Gasteiger partial charge >= 0.3 is 5.97 Å². The third-order valence-corrected chi connectivity index (χ3v) is 4.00. The highest BCUT2D eigenvalue weighted by molar-refractivity contribution is 9.10. The van der Waals surface area contributed by atoms with Crippen LogP contribution in [0.1, 0.15) is 5.56 Å². The normalized spacial score (nSPS) is 10.6. The van der Waals surface area contributed by atoms with Crippen LogP contribution in [-0.4, -0.2) is 37.0 Å². The van der Waals surface area contributed by atoms with E-state index in [4.69, 9.17) is 5.11 Å². The summed E-state index contributed by atoms with van der Waals surface area (Å²) >= 11 is 4.52. The van der Waals surface area contributed by atoms with Gasteiger partial charge in [-0.3, -0.25) is 4.79 Å². The lowest BCUT2D eigenvalue weighted by Crippen LogP contribution is -2.04. The molecule has 1 N–H and O–H groups in total. The predicted octanol–water partition coefficient (Wildman–Crippen LogP) is 1.91. The molecule has 0 aliphatic heterocycles. The van der Waals surface area contributed by atoms with Crippen molar-refractivity contribution in [3.05, 3.63) is 28.2 Å². The zero-order valence-corrected chi connectivity index (χ0v) is 11.8. The summed E-state index contributed by atoms with van der Waals surface area (Å²) in [5.41, 5.74) is 1.81. The van der Waals surface area contributed by atoms with E-state index in [-0.39, 0.29) is 5.75 Å². The molecule has 0 unspecified atom stereocenters. The molecule has 18 heavy (non-hydrogen) atoms. The molecule has 0 saturated heterocycles. The Morgan fingerprint density at radius 3 is 3.06 bits per heavy atom. The zero-order valence-electron chi connectivity index (χ0n) is 9.37. The summed E-state index contributed by atoms with van der Waals surface area (Å²) < 4.78 is 2.48. The van der Waals surface area contributed by atoms with Crippen molar-refractivity contribution in [2.45, 2.75) is 12.1 Å². The Morgan fingerprint density at radius 1 is 1.56 bits per heavy atom. The summed E-state index contributed by atoms with van der Waals surface area (Å²) in [6.07, 6.45) is 0. The van der Waals surface area contributed by atoms with Gasteiger partial charge in [-0.25, -0.2) is 0 Å². The molecule has 1 aromatic carbocycles. The molecular formula is C10H9BrN4O2S.